The van der Waals surface area contributed by atoms with Gasteiger partial charge < -0.3 is 14.7 Å². The van der Waals surface area contributed by atoms with E-state index in [1.165, 1.54) is 0 Å². The molecule has 1 N–H and O–H groups in total. The van der Waals surface area contributed by atoms with Crippen LogP contribution in [0.3, 0.4) is 0 Å². The Hall–Kier alpha value is -0.770. The van der Waals surface area contributed by atoms with Crippen LogP contribution in [-0.4, -0.2) is 40.9 Å². The minimum atomic E-state index is -0.451. The maximum atomic E-state index is 11.8. The summed E-state index contributed by atoms with van der Waals surface area (Å²) in [6.45, 7) is 11.2. The number of aliphatic hydroxyl groups is 1. The van der Waals surface area contributed by atoms with Gasteiger partial charge in [-0.25, -0.2) is 4.79 Å². The second kappa shape index (κ2) is 3.37. The maximum Gasteiger partial charge on any atom is 0.410 e. The van der Waals surface area contributed by atoms with Crippen LogP contribution in [0.1, 0.15) is 41.0 Å². The highest BCUT2D eigenvalue weighted by atomic mass is 16.6. The van der Waals surface area contributed by atoms with Crippen LogP contribution in [0.15, 0.2) is 0 Å². The van der Waals surface area contributed by atoms with E-state index in [0.717, 1.165) is 6.42 Å². The smallest absolute Gasteiger partial charge is 0.410 e. The second-order valence-electron chi connectivity index (χ2n) is 7.10. The normalized spacial score (nSPS) is 29.5. The van der Waals surface area contributed by atoms with Gasteiger partial charge in [0.25, 0.3) is 0 Å². The zero-order valence-corrected chi connectivity index (χ0v) is 11.4. The van der Waals surface area contributed by atoms with Gasteiger partial charge in [-0.15, -0.1) is 0 Å². The van der Waals surface area contributed by atoms with Crippen molar-refractivity contribution in [3.8, 4) is 0 Å². The number of likely N-dealkylation sites (tertiary alicyclic amines) is 1. The first-order valence-corrected chi connectivity index (χ1v) is 6.23. The molecule has 1 heterocycles. The quantitative estimate of drug-likeness (QED) is 0.706. The Morgan fingerprint density at radius 1 is 1.35 bits per heavy atom. The Labute approximate surface area is 103 Å². The van der Waals surface area contributed by atoms with Crippen LogP contribution in [0.2, 0.25) is 0 Å². The lowest BCUT2D eigenvalue weighted by atomic mass is 9.46. The summed E-state index contributed by atoms with van der Waals surface area (Å²) in [5, 5.41) is 9.91. The molecule has 2 aliphatic rings. The number of rotatable bonds is 0. The van der Waals surface area contributed by atoms with Crippen molar-refractivity contribution in [2.75, 3.05) is 13.1 Å². The van der Waals surface area contributed by atoms with Gasteiger partial charge >= 0.3 is 6.09 Å². The number of carbonyl (C=O) groups excluding carboxylic acids is 1. The number of ether oxygens (including phenoxy) is 1. The molecule has 17 heavy (non-hydrogen) atoms. The van der Waals surface area contributed by atoms with Crippen molar-refractivity contribution in [2.24, 2.45) is 10.8 Å². The summed E-state index contributed by atoms with van der Waals surface area (Å²) in [6.07, 6.45) is 0.295. The van der Waals surface area contributed by atoms with Crippen LogP contribution >= 0.6 is 0 Å². The van der Waals surface area contributed by atoms with Gasteiger partial charge in [-0.3, -0.25) is 0 Å². The van der Waals surface area contributed by atoms with Crippen LogP contribution in [0.4, 0.5) is 4.79 Å². The molecule has 0 aromatic heterocycles. The van der Waals surface area contributed by atoms with E-state index in [1.807, 2.05) is 20.8 Å². The van der Waals surface area contributed by atoms with Gasteiger partial charge in [-0.2, -0.15) is 0 Å². The van der Waals surface area contributed by atoms with Crippen molar-refractivity contribution < 1.29 is 14.6 Å². The number of amides is 1. The third-order valence-corrected chi connectivity index (χ3v) is 4.29. The average Bonchev–Trinajstić information content (AvgIpc) is 1.94. The van der Waals surface area contributed by atoms with Crippen molar-refractivity contribution in [3.05, 3.63) is 0 Å². The zero-order valence-electron chi connectivity index (χ0n) is 11.4. The SMILES string of the molecule is CC(C)(C)OC(=O)N1CC2(C1)C(O)CC2(C)C. The molecule has 0 aromatic carbocycles. The van der Waals surface area contributed by atoms with Gasteiger partial charge in [0.05, 0.1) is 6.10 Å². The van der Waals surface area contributed by atoms with E-state index >= 15 is 0 Å². The van der Waals surface area contributed by atoms with Crippen LogP contribution in [0, 0.1) is 10.8 Å². The summed E-state index contributed by atoms with van der Waals surface area (Å²) in [5.74, 6) is 0. The molecule has 2 rings (SSSR count). The molecule has 1 aliphatic heterocycles. The van der Waals surface area contributed by atoms with E-state index in [9.17, 15) is 9.90 Å². The fourth-order valence-electron chi connectivity index (χ4n) is 2.93. The minimum absolute atomic E-state index is 0.0933. The molecule has 1 unspecified atom stereocenters. The van der Waals surface area contributed by atoms with Gasteiger partial charge in [0, 0.05) is 18.5 Å². The molecule has 1 saturated heterocycles. The topological polar surface area (TPSA) is 49.8 Å². The fraction of sp³-hybridized carbons (Fsp3) is 0.923. The Morgan fingerprint density at radius 2 is 1.88 bits per heavy atom. The number of aliphatic hydroxyl groups excluding tert-OH is 1. The Kier molecular flexibility index (Phi) is 2.52. The molecule has 98 valence electrons. The van der Waals surface area contributed by atoms with E-state index in [4.69, 9.17) is 4.74 Å². The molecule has 0 aromatic rings. The number of nitrogens with zero attached hydrogens (tertiary/aromatic N) is 1. The first-order chi connectivity index (χ1) is 7.57. The fourth-order valence-corrected chi connectivity index (χ4v) is 2.93. The van der Waals surface area contributed by atoms with Gasteiger partial charge in [0.2, 0.25) is 0 Å². The lowest BCUT2D eigenvalue weighted by Gasteiger charge is -2.67. The first kappa shape index (κ1) is 12.7. The molecule has 1 atom stereocenters. The minimum Gasteiger partial charge on any atom is -0.444 e. The third kappa shape index (κ3) is 1.82. The molecule has 2 fully saturated rings. The standard InChI is InChI=1S/C13H23NO3/c1-11(2,3)17-10(16)14-7-13(8-14)9(15)6-12(13,4)5/h9,15H,6-8H2,1-5H3. The molecule has 1 saturated carbocycles. The lowest BCUT2D eigenvalue weighted by Crippen LogP contribution is -2.75. The van der Waals surface area contributed by atoms with Gasteiger partial charge in [0.1, 0.15) is 5.60 Å². The van der Waals surface area contributed by atoms with E-state index in [2.05, 4.69) is 13.8 Å². The summed E-state index contributed by atoms with van der Waals surface area (Å²) in [4.78, 5) is 13.5. The molecule has 1 spiro atoms. The number of carbonyl (C=O) groups is 1. The van der Waals surface area contributed by atoms with Crippen molar-refractivity contribution >= 4 is 6.09 Å². The van der Waals surface area contributed by atoms with Crippen molar-refractivity contribution in [1.29, 1.82) is 0 Å². The lowest BCUT2D eigenvalue weighted by molar-refractivity contribution is -0.237. The monoisotopic (exact) mass is 241 g/mol. The van der Waals surface area contributed by atoms with Crippen molar-refractivity contribution in [1.82, 2.24) is 4.90 Å². The van der Waals surface area contributed by atoms with E-state index in [0.29, 0.717) is 13.1 Å². The predicted octanol–water partition coefficient (Wildman–Crippen LogP) is 2.01. The van der Waals surface area contributed by atoms with E-state index < -0.39 is 5.60 Å². The molecule has 0 bridgehead atoms. The molecule has 4 heteroatoms. The van der Waals surface area contributed by atoms with Crippen LogP contribution in [0.5, 0.6) is 0 Å². The van der Waals surface area contributed by atoms with Gasteiger partial charge in [-0.1, -0.05) is 13.8 Å². The van der Waals surface area contributed by atoms with Crippen LogP contribution in [0.25, 0.3) is 0 Å². The number of hydrogen-bond acceptors (Lipinski definition) is 3. The highest BCUT2D eigenvalue weighted by molar-refractivity contribution is 5.69. The second-order valence-corrected chi connectivity index (χ2v) is 7.10. The van der Waals surface area contributed by atoms with Crippen LogP contribution in [-0.2, 0) is 4.74 Å². The maximum absolute atomic E-state index is 11.8. The van der Waals surface area contributed by atoms with Gasteiger partial charge in [-0.05, 0) is 32.6 Å². The predicted molar refractivity (Wildman–Crippen MR) is 64.6 cm³/mol. The zero-order chi connectivity index (χ0) is 13.1. The first-order valence-electron chi connectivity index (χ1n) is 6.23. The average molecular weight is 241 g/mol. The summed E-state index contributed by atoms with van der Waals surface area (Å²) < 4.78 is 5.31. The molecule has 1 amide bonds. The molecule has 1 aliphatic carbocycles. The Bertz CT molecular complexity index is 337. The Balaban J connectivity index is 1.93. The summed E-state index contributed by atoms with van der Waals surface area (Å²) in [6, 6.07) is 0. The summed E-state index contributed by atoms with van der Waals surface area (Å²) >= 11 is 0. The van der Waals surface area contributed by atoms with E-state index in [-0.39, 0.29) is 23.0 Å². The van der Waals surface area contributed by atoms with Crippen LogP contribution < -0.4 is 0 Å². The molecular weight excluding hydrogens is 218 g/mol. The van der Waals surface area contributed by atoms with Crippen molar-refractivity contribution in [3.63, 3.8) is 0 Å². The Morgan fingerprint density at radius 3 is 2.24 bits per heavy atom. The van der Waals surface area contributed by atoms with Gasteiger partial charge in [0.15, 0.2) is 0 Å². The molecular formula is C13H23NO3. The van der Waals surface area contributed by atoms with E-state index in [1.54, 1.807) is 4.90 Å². The van der Waals surface area contributed by atoms with Crippen molar-refractivity contribution in [2.45, 2.75) is 52.7 Å². The highest BCUT2D eigenvalue weighted by Gasteiger charge is 2.66. The third-order valence-electron chi connectivity index (χ3n) is 4.29. The highest BCUT2D eigenvalue weighted by Crippen LogP contribution is 2.61. The number of hydrogen-bond donors (Lipinski definition) is 1. The summed E-state index contributed by atoms with van der Waals surface area (Å²) in [7, 11) is 0. The largest absolute Gasteiger partial charge is 0.444 e. The molecule has 0 radical (unpaired) electrons. The molecule has 4 nitrogen and oxygen atoms in total. The summed E-state index contributed by atoms with van der Waals surface area (Å²) in [5.41, 5.74) is -0.414.